The maximum absolute atomic E-state index is 12.8. The largest absolute Gasteiger partial charge is 0.493 e. The lowest BCUT2D eigenvalue weighted by atomic mass is 10.1. The normalized spacial score (nSPS) is 10.5. The van der Waals surface area contributed by atoms with Crippen LogP contribution in [0.25, 0.3) is 0 Å². The molecule has 1 N–H and O–H groups in total. The van der Waals surface area contributed by atoms with Crippen LogP contribution in [0, 0.1) is 6.92 Å². The summed E-state index contributed by atoms with van der Waals surface area (Å²) in [6.45, 7) is 6.82. The fourth-order valence-corrected chi connectivity index (χ4v) is 2.88. The molecule has 0 aliphatic rings. The third-order valence-electron chi connectivity index (χ3n) is 3.92. The highest BCUT2D eigenvalue weighted by Crippen LogP contribution is 2.27. The lowest BCUT2D eigenvalue weighted by Gasteiger charge is -2.15. The van der Waals surface area contributed by atoms with Crippen molar-refractivity contribution in [3.63, 3.8) is 0 Å². The quantitative estimate of drug-likeness (QED) is 0.612. The van der Waals surface area contributed by atoms with Crippen molar-refractivity contribution in [1.29, 1.82) is 0 Å². The number of aryl methyl sites for hydroxylation is 2. The van der Waals surface area contributed by atoms with Crippen LogP contribution < -0.4 is 10.1 Å². The van der Waals surface area contributed by atoms with Crippen LogP contribution >= 0.6 is 15.9 Å². The zero-order valence-electron chi connectivity index (χ0n) is 14.5. The predicted octanol–water partition coefficient (Wildman–Crippen LogP) is 5.75. The molecular formula is C20H24BrNO2. The van der Waals surface area contributed by atoms with E-state index < -0.39 is 0 Å². The Kier molecular flexibility index (Phi) is 6.85. The first-order valence-corrected chi connectivity index (χ1v) is 9.18. The van der Waals surface area contributed by atoms with Crippen LogP contribution in [0.1, 0.15) is 48.2 Å². The molecule has 1 amide bonds. The van der Waals surface area contributed by atoms with Gasteiger partial charge in [-0.2, -0.15) is 0 Å². The summed E-state index contributed by atoms with van der Waals surface area (Å²) in [4.78, 5) is 12.8. The molecule has 0 atom stereocenters. The Morgan fingerprint density at radius 2 is 2.00 bits per heavy atom. The highest BCUT2D eigenvalue weighted by atomic mass is 79.9. The van der Waals surface area contributed by atoms with Crippen molar-refractivity contribution in [1.82, 2.24) is 0 Å². The van der Waals surface area contributed by atoms with Crippen LogP contribution in [0.3, 0.4) is 0 Å². The number of carbonyl (C=O) groups excluding carboxylic acids is 1. The second-order valence-corrected chi connectivity index (χ2v) is 6.67. The molecule has 128 valence electrons. The minimum atomic E-state index is -0.146. The first-order valence-electron chi connectivity index (χ1n) is 8.39. The van der Waals surface area contributed by atoms with Crippen LogP contribution in [-0.2, 0) is 6.42 Å². The van der Waals surface area contributed by atoms with Gasteiger partial charge in [-0.1, -0.05) is 54.4 Å². The smallest absolute Gasteiger partial charge is 0.259 e. The van der Waals surface area contributed by atoms with E-state index in [-0.39, 0.29) is 5.91 Å². The van der Waals surface area contributed by atoms with Gasteiger partial charge in [0.15, 0.2) is 0 Å². The van der Waals surface area contributed by atoms with Gasteiger partial charge in [-0.25, -0.2) is 0 Å². The number of ether oxygens (including phenoxy) is 1. The van der Waals surface area contributed by atoms with Crippen molar-refractivity contribution >= 4 is 27.5 Å². The summed E-state index contributed by atoms with van der Waals surface area (Å²) in [6, 6.07) is 11.6. The van der Waals surface area contributed by atoms with Crippen LogP contribution in [-0.4, -0.2) is 12.5 Å². The molecule has 0 fully saturated rings. The van der Waals surface area contributed by atoms with Crippen molar-refractivity contribution in [3.8, 4) is 5.75 Å². The molecular weight excluding hydrogens is 366 g/mol. The minimum absolute atomic E-state index is 0.146. The van der Waals surface area contributed by atoms with Crippen molar-refractivity contribution in [2.24, 2.45) is 0 Å². The van der Waals surface area contributed by atoms with E-state index in [1.54, 1.807) is 6.07 Å². The second-order valence-electron chi connectivity index (χ2n) is 5.76. The third-order valence-corrected chi connectivity index (χ3v) is 4.41. The van der Waals surface area contributed by atoms with Gasteiger partial charge in [-0.15, -0.1) is 0 Å². The van der Waals surface area contributed by atoms with E-state index in [2.05, 4.69) is 35.1 Å². The van der Waals surface area contributed by atoms with Crippen LogP contribution in [0.2, 0.25) is 0 Å². The van der Waals surface area contributed by atoms with Gasteiger partial charge in [0, 0.05) is 10.2 Å². The molecule has 0 aliphatic carbocycles. The molecule has 3 nitrogen and oxygen atoms in total. The Hall–Kier alpha value is -1.81. The fraction of sp³-hybridized carbons (Fsp3) is 0.350. The summed E-state index contributed by atoms with van der Waals surface area (Å²) in [5, 5.41) is 3.06. The number of halogens is 1. The minimum Gasteiger partial charge on any atom is -0.493 e. The molecule has 0 saturated carbocycles. The van der Waals surface area contributed by atoms with Gasteiger partial charge >= 0.3 is 0 Å². The van der Waals surface area contributed by atoms with Gasteiger partial charge in [0.25, 0.3) is 5.91 Å². The molecule has 2 aromatic carbocycles. The fourth-order valence-electron chi connectivity index (χ4n) is 2.51. The zero-order valence-corrected chi connectivity index (χ0v) is 16.1. The molecule has 0 bridgehead atoms. The highest BCUT2D eigenvalue weighted by molar-refractivity contribution is 9.10. The van der Waals surface area contributed by atoms with Gasteiger partial charge in [-0.05, 0) is 49.1 Å². The Balaban J connectivity index is 2.28. The molecule has 2 aromatic rings. The van der Waals surface area contributed by atoms with E-state index in [1.807, 2.05) is 37.3 Å². The number of para-hydroxylation sites is 1. The van der Waals surface area contributed by atoms with Crippen LogP contribution in [0.15, 0.2) is 40.9 Å². The Morgan fingerprint density at radius 3 is 2.71 bits per heavy atom. The average molecular weight is 390 g/mol. The van der Waals surface area contributed by atoms with Crippen molar-refractivity contribution < 1.29 is 9.53 Å². The molecule has 0 heterocycles. The second kappa shape index (κ2) is 8.88. The number of hydrogen-bond acceptors (Lipinski definition) is 2. The van der Waals surface area contributed by atoms with Gasteiger partial charge in [0.2, 0.25) is 0 Å². The standard InChI is InChI=1S/C20H24BrNO2/c1-4-6-12-24-18-11-10-16(21)13-17(18)20(23)22-19-14(3)8-7-9-15(19)5-2/h7-11,13H,4-6,12H2,1-3H3,(H,22,23). The number of benzene rings is 2. The summed E-state index contributed by atoms with van der Waals surface area (Å²) in [5.41, 5.74) is 3.63. The van der Waals surface area contributed by atoms with Gasteiger partial charge in [-0.3, -0.25) is 4.79 Å². The van der Waals surface area contributed by atoms with Crippen molar-refractivity contribution in [2.75, 3.05) is 11.9 Å². The monoisotopic (exact) mass is 389 g/mol. The number of nitrogens with one attached hydrogen (secondary N) is 1. The summed E-state index contributed by atoms with van der Waals surface area (Å²) >= 11 is 3.44. The first kappa shape index (κ1) is 18.5. The average Bonchev–Trinajstić information content (AvgIpc) is 2.58. The predicted molar refractivity (Wildman–Crippen MR) is 103 cm³/mol. The van der Waals surface area contributed by atoms with E-state index in [9.17, 15) is 4.79 Å². The number of amides is 1. The molecule has 0 aliphatic heterocycles. The number of rotatable bonds is 7. The van der Waals surface area contributed by atoms with Crippen molar-refractivity contribution in [3.05, 3.63) is 57.6 Å². The summed E-state index contributed by atoms with van der Waals surface area (Å²) < 4.78 is 6.65. The van der Waals surface area contributed by atoms with E-state index in [4.69, 9.17) is 4.74 Å². The third kappa shape index (κ3) is 4.60. The zero-order chi connectivity index (χ0) is 17.5. The highest BCUT2D eigenvalue weighted by Gasteiger charge is 2.16. The molecule has 4 heteroatoms. The number of carbonyl (C=O) groups is 1. The van der Waals surface area contributed by atoms with Crippen LogP contribution in [0.5, 0.6) is 5.75 Å². The Bertz CT molecular complexity index is 713. The maximum atomic E-state index is 12.8. The topological polar surface area (TPSA) is 38.3 Å². The molecule has 0 aromatic heterocycles. The lowest BCUT2D eigenvalue weighted by molar-refractivity contribution is 0.102. The van der Waals surface area contributed by atoms with E-state index >= 15 is 0 Å². The molecule has 24 heavy (non-hydrogen) atoms. The summed E-state index contributed by atoms with van der Waals surface area (Å²) in [5.74, 6) is 0.475. The first-order chi connectivity index (χ1) is 11.6. The maximum Gasteiger partial charge on any atom is 0.259 e. The van der Waals surface area contributed by atoms with Gasteiger partial charge < -0.3 is 10.1 Å². The Labute approximate surface area is 152 Å². The molecule has 0 saturated heterocycles. The number of hydrogen-bond donors (Lipinski definition) is 1. The Morgan fingerprint density at radius 1 is 1.21 bits per heavy atom. The molecule has 0 radical (unpaired) electrons. The lowest BCUT2D eigenvalue weighted by Crippen LogP contribution is -2.16. The van der Waals surface area contributed by atoms with Crippen LogP contribution in [0.4, 0.5) is 5.69 Å². The van der Waals surface area contributed by atoms with Crippen molar-refractivity contribution in [2.45, 2.75) is 40.0 Å². The summed E-state index contributed by atoms with van der Waals surface area (Å²) in [6.07, 6.45) is 2.89. The van der Waals surface area contributed by atoms with E-state index in [1.165, 1.54) is 0 Å². The number of unbranched alkanes of at least 4 members (excludes halogenated alkanes) is 1. The van der Waals surface area contributed by atoms with Gasteiger partial charge in [0.05, 0.1) is 12.2 Å². The molecule has 0 unspecified atom stereocenters. The molecule has 0 spiro atoms. The number of anilines is 1. The summed E-state index contributed by atoms with van der Waals surface area (Å²) in [7, 11) is 0. The van der Waals surface area contributed by atoms with E-state index in [0.717, 1.165) is 40.5 Å². The van der Waals surface area contributed by atoms with E-state index in [0.29, 0.717) is 17.9 Å². The molecule has 2 rings (SSSR count). The van der Waals surface area contributed by atoms with Gasteiger partial charge in [0.1, 0.15) is 5.75 Å². The SMILES string of the molecule is CCCCOc1ccc(Br)cc1C(=O)Nc1c(C)cccc1CC.